The van der Waals surface area contributed by atoms with Gasteiger partial charge in [0, 0.05) is 5.92 Å². The Hall–Kier alpha value is -0.330. The molecule has 0 heterocycles. The van der Waals surface area contributed by atoms with E-state index >= 15 is 0 Å². The molecule has 0 saturated carbocycles. The number of aldehydes is 1. The van der Waals surface area contributed by atoms with Gasteiger partial charge in [-0.15, -0.1) is 0 Å². The summed E-state index contributed by atoms with van der Waals surface area (Å²) in [5.74, 6) is 0.206. The number of rotatable bonds is 3. The van der Waals surface area contributed by atoms with Crippen molar-refractivity contribution >= 4 is 6.29 Å². The minimum Gasteiger partial charge on any atom is -0.303 e. The highest BCUT2D eigenvalue weighted by molar-refractivity contribution is 5.52. The van der Waals surface area contributed by atoms with Crippen LogP contribution in [-0.2, 0) is 4.79 Å². The molecule has 0 amide bonds. The summed E-state index contributed by atoms with van der Waals surface area (Å²) < 4.78 is 0. The minimum absolute atomic E-state index is 0.206. The van der Waals surface area contributed by atoms with Crippen molar-refractivity contribution < 1.29 is 4.79 Å². The fraction of sp³-hybridized carbons (Fsp3) is 0.667. The second-order valence-electron chi connectivity index (χ2n) is 1.76. The summed E-state index contributed by atoms with van der Waals surface area (Å²) in [4.78, 5) is 9.87. The summed E-state index contributed by atoms with van der Waals surface area (Å²) >= 11 is 0. The van der Waals surface area contributed by atoms with Crippen LogP contribution in [0.25, 0.3) is 0 Å². The van der Waals surface area contributed by atoms with Crippen molar-refractivity contribution in [2.45, 2.75) is 19.8 Å². The molecule has 1 unspecified atom stereocenters. The van der Waals surface area contributed by atoms with Crippen molar-refractivity contribution in [2.75, 3.05) is 0 Å². The number of hydrogen-bond acceptors (Lipinski definition) is 1. The van der Waals surface area contributed by atoms with Crippen molar-refractivity contribution in [3.8, 4) is 0 Å². The van der Waals surface area contributed by atoms with Gasteiger partial charge in [-0.2, -0.15) is 0 Å². The van der Waals surface area contributed by atoms with Gasteiger partial charge in [0.15, 0.2) is 0 Å². The van der Waals surface area contributed by atoms with Gasteiger partial charge in [-0.25, -0.2) is 0 Å². The van der Waals surface area contributed by atoms with Gasteiger partial charge in [0.25, 0.3) is 0 Å². The summed E-state index contributed by atoms with van der Waals surface area (Å²) in [6, 6.07) is 0. The largest absolute Gasteiger partial charge is 0.303 e. The van der Waals surface area contributed by atoms with E-state index in [0.717, 1.165) is 19.1 Å². The predicted molar refractivity (Wildman–Crippen MR) is 29.8 cm³/mol. The lowest BCUT2D eigenvalue weighted by Gasteiger charge is -1.94. The third-order valence-corrected chi connectivity index (χ3v) is 0.892. The zero-order valence-corrected chi connectivity index (χ0v) is 4.68. The first-order valence-electron chi connectivity index (χ1n) is 2.55. The molecule has 0 aliphatic rings. The molecule has 0 aromatic heterocycles. The predicted octanol–water partition coefficient (Wildman–Crippen LogP) is 1.44. The molecule has 1 radical (unpaired) electrons. The molecule has 1 nitrogen and oxygen atoms in total. The van der Waals surface area contributed by atoms with Crippen LogP contribution in [0.1, 0.15) is 19.8 Å². The quantitative estimate of drug-likeness (QED) is 0.489. The molecule has 1 heteroatoms. The van der Waals surface area contributed by atoms with Crippen LogP contribution in [0.4, 0.5) is 0 Å². The molecule has 0 saturated heterocycles. The maximum absolute atomic E-state index is 9.87. The lowest BCUT2D eigenvalue weighted by molar-refractivity contribution is -0.110. The lowest BCUT2D eigenvalue weighted by atomic mass is 10.1. The van der Waals surface area contributed by atoms with Crippen LogP contribution in [-0.4, -0.2) is 6.29 Å². The molecule has 0 aromatic rings. The third kappa shape index (κ3) is 3.50. The van der Waals surface area contributed by atoms with Crippen molar-refractivity contribution in [3.63, 3.8) is 0 Å². The van der Waals surface area contributed by atoms with E-state index in [1.165, 1.54) is 0 Å². The Bertz CT molecular complexity index is 50.1. The van der Waals surface area contributed by atoms with Gasteiger partial charge < -0.3 is 4.79 Å². The zero-order valence-electron chi connectivity index (χ0n) is 4.68. The summed E-state index contributed by atoms with van der Waals surface area (Å²) in [6.07, 6.45) is 2.74. The monoisotopic (exact) mass is 99.1 g/mol. The van der Waals surface area contributed by atoms with E-state index < -0.39 is 0 Å². The normalized spacial score (nSPS) is 13.4. The molecule has 41 valence electrons. The van der Waals surface area contributed by atoms with E-state index in [0.29, 0.717) is 0 Å². The number of hydrogen-bond donors (Lipinski definition) is 0. The third-order valence-electron chi connectivity index (χ3n) is 0.892. The first-order valence-corrected chi connectivity index (χ1v) is 2.55. The first kappa shape index (κ1) is 6.67. The summed E-state index contributed by atoms with van der Waals surface area (Å²) in [5, 5.41) is 0. The Morgan fingerprint density at radius 3 is 2.57 bits per heavy atom. The van der Waals surface area contributed by atoms with Crippen molar-refractivity contribution in [1.82, 2.24) is 0 Å². The average Bonchev–Trinajstić information content (AvgIpc) is 1.68. The second-order valence-corrected chi connectivity index (χ2v) is 1.76. The highest BCUT2D eigenvalue weighted by Gasteiger charge is 1.93. The Labute approximate surface area is 44.7 Å². The smallest absolute Gasteiger partial charge is 0.122 e. The number of carbonyl (C=O) groups excluding carboxylic acids is 1. The highest BCUT2D eigenvalue weighted by Crippen LogP contribution is 1.98. The van der Waals surface area contributed by atoms with Gasteiger partial charge in [0.2, 0.25) is 0 Å². The maximum Gasteiger partial charge on any atom is 0.122 e. The fourth-order valence-electron chi connectivity index (χ4n) is 0.390. The van der Waals surface area contributed by atoms with Gasteiger partial charge in [-0.3, -0.25) is 0 Å². The van der Waals surface area contributed by atoms with Crippen LogP contribution in [0.2, 0.25) is 0 Å². The molecule has 0 rings (SSSR count). The topological polar surface area (TPSA) is 17.1 Å². The van der Waals surface area contributed by atoms with Gasteiger partial charge in [-0.1, -0.05) is 20.3 Å². The molecule has 0 aliphatic heterocycles. The molecular formula is C6H11O. The van der Waals surface area contributed by atoms with E-state index in [4.69, 9.17) is 0 Å². The van der Waals surface area contributed by atoms with Gasteiger partial charge in [-0.05, 0) is 6.42 Å². The van der Waals surface area contributed by atoms with E-state index in [2.05, 4.69) is 6.92 Å². The molecule has 0 aromatic carbocycles. The molecule has 0 N–H and O–H groups in total. The van der Waals surface area contributed by atoms with Crippen LogP contribution in [0, 0.1) is 12.8 Å². The van der Waals surface area contributed by atoms with Gasteiger partial charge in [0.1, 0.15) is 6.29 Å². The lowest BCUT2D eigenvalue weighted by Crippen LogP contribution is -1.92. The molecule has 7 heavy (non-hydrogen) atoms. The standard InChI is InChI=1S/C6H11O/c1-3-4-6(2)5-7/h5-6H,1,3-4H2,2H3. The SMILES string of the molecule is [CH2]CCC(C)C=O. The molecule has 0 bridgehead atoms. The van der Waals surface area contributed by atoms with E-state index in [9.17, 15) is 4.79 Å². The summed E-state index contributed by atoms with van der Waals surface area (Å²) in [6.45, 7) is 5.52. The van der Waals surface area contributed by atoms with Crippen LogP contribution in [0.5, 0.6) is 0 Å². The summed E-state index contributed by atoms with van der Waals surface area (Å²) in [5.41, 5.74) is 0. The van der Waals surface area contributed by atoms with Gasteiger partial charge >= 0.3 is 0 Å². The molecule has 1 atom stereocenters. The Kier molecular flexibility index (Phi) is 3.67. The average molecular weight is 99.2 g/mol. The maximum atomic E-state index is 9.87. The molecule has 0 spiro atoms. The van der Waals surface area contributed by atoms with Crippen LogP contribution in [0.15, 0.2) is 0 Å². The molecule has 0 aliphatic carbocycles. The summed E-state index contributed by atoms with van der Waals surface area (Å²) in [7, 11) is 0. The molecule has 0 fully saturated rings. The van der Waals surface area contributed by atoms with E-state index in [-0.39, 0.29) is 5.92 Å². The Morgan fingerprint density at radius 1 is 1.86 bits per heavy atom. The van der Waals surface area contributed by atoms with Crippen molar-refractivity contribution in [2.24, 2.45) is 5.92 Å². The van der Waals surface area contributed by atoms with Crippen molar-refractivity contribution in [3.05, 3.63) is 6.92 Å². The minimum atomic E-state index is 0.206. The highest BCUT2D eigenvalue weighted by atomic mass is 16.1. The van der Waals surface area contributed by atoms with Crippen molar-refractivity contribution in [1.29, 1.82) is 0 Å². The fourth-order valence-corrected chi connectivity index (χ4v) is 0.390. The molecular weight excluding hydrogens is 88.1 g/mol. The Balaban J connectivity index is 2.98. The first-order chi connectivity index (χ1) is 3.31. The van der Waals surface area contributed by atoms with Crippen LogP contribution < -0.4 is 0 Å². The Morgan fingerprint density at radius 2 is 2.43 bits per heavy atom. The van der Waals surface area contributed by atoms with Crippen LogP contribution in [0.3, 0.4) is 0 Å². The van der Waals surface area contributed by atoms with E-state index in [1.54, 1.807) is 0 Å². The second kappa shape index (κ2) is 3.85. The van der Waals surface area contributed by atoms with Gasteiger partial charge in [0.05, 0.1) is 0 Å². The zero-order chi connectivity index (χ0) is 5.70. The van der Waals surface area contributed by atoms with E-state index in [1.807, 2.05) is 6.92 Å². The van der Waals surface area contributed by atoms with Crippen LogP contribution >= 0.6 is 0 Å². The number of carbonyl (C=O) groups is 1.